The van der Waals surface area contributed by atoms with E-state index in [1.807, 2.05) is 20.8 Å². The summed E-state index contributed by atoms with van der Waals surface area (Å²) in [5.74, 6) is -0.122. The average Bonchev–Trinajstić information content (AvgIpc) is 2.66. The van der Waals surface area contributed by atoms with Crippen LogP contribution >= 0.6 is 0 Å². The lowest BCUT2D eigenvalue weighted by Crippen LogP contribution is -2.42. The van der Waals surface area contributed by atoms with Gasteiger partial charge in [0.2, 0.25) is 0 Å². The first-order valence-corrected chi connectivity index (χ1v) is 10.9. The summed E-state index contributed by atoms with van der Waals surface area (Å²) in [6.45, 7) is 8.67. The van der Waals surface area contributed by atoms with Crippen molar-refractivity contribution in [1.29, 1.82) is 0 Å². The molecule has 0 spiro atoms. The molecule has 7 nitrogen and oxygen atoms in total. The highest BCUT2D eigenvalue weighted by atomic mass is 16.6. The van der Waals surface area contributed by atoms with Crippen molar-refractivity contribution < 1.29 is 19.1 Å². The molecule has 1 aliphatic rings. The van der Waals surface area contributed by atoms with E-state index in [0.717, 1.165) is 32.2 Å². The van der Waals surface area contributed by atoms with Crippen LogP contribution in [0.4, 0.5) is 0 Å². The third-order valence-electron chi connectivity index (χ3n) is 5.10. The maximum Gasteiger partial charge on any atom is 0.338 e. The maximum atomic E-state index is 13.0. The molecule has 0 aliphatic heterocycles. The lowest BCUT2D eigenvalue weighted by Gasteiger charge is -2.33. The molecule has 0 amide bonds. The molecule has 1 saturated carbocycles. The predicted octanol–water partition coefficient (Wildman–Crippen LogP) is 3.35. The summed E-state index contributed by atoms with van der Waals surface area (Å²) < 4.78 is 10.7. The van der Waals surface area contributed by atoms with Gasteiger partial charge in [-0.2, -0.15) is 0 Å². The molecular formula is C23H37N3O4. The lowest BCUT2D eigenvalue weighted by atomic mass is 9.85. The Kier molecular flexibility index (Phi) is 8.79. The molecule has 1 aliphatic carbocycles. The number of nitrogens with one attached hydrogen (secondary N) is 1. The summed E-state index contributed by atoms with van der Waals surface area (Å²) in [5.41, 5.74) is 0.246. The molecule has 168 valence electrons. The van der Waals surface area contributed by atoms with E-state index in [0.29, 0.717) is 23.8 Å². The van der Waals surface area contributed by atoms with Crippen LogP contribution < -0.4 is 5.32 Å². The molecule has 30 heavy (non-hydrogen) atoms. The Labute approximate surface area is 180 Å². The van der Waals surface area contributed by atoms with E-state index < -0.39 is 17.6 Å². The third kappa shape index (κ3) is 7.69. The zero-order chi connectivity index (χ0) is 22.3. The molecule has 0 radical (unpaired) electrons. The molecule has 1 aromatic heterocycles. The van der Waals surface area contributed by atoms with Crippen molar-refractivity contribution in [1.82, 2.24) is 15.2 Å². The molecule has 0 bridgehead atoms. The summed E-state index contributed by atoms with van der Waals surface area (Å²) in [6, 6.07) is 2.69. The first kappa shape index (κ1) is 24.3. The Morgan fingerprint density at radius 2 is 1.90 bits per heavy atom. The zero-order valence-corrected chi connectivity index (χ0v) is 19.2. The molecule has 1 aromatic rings. The number of carbonyl (C=O) groups excluding carboxylic acids is 2. The van der Waals surface area contributed by atoms with Crippen LogP contribution in [0, 0.1) is 5.92 Å². The van der Waals surface area contributed by atoms with Crippen molar-refractivity contribution in [2.24, 2.45) is 5.92 Å². The summed E-state index contributed by atoms with van der Waals surface area (Å²) in [7, 11) is 4.20. The standard InChI is InChI=1S/C23H37N3O4/c1-7-29-21(27)17-12-13-24-19(14-17)20(22(28)30-23(2,3)4)25-18-10-8-16(9-11-18)15-26(5)6/h12-14,16,18,20,25H,7-11,15H2,1-6H3. The van der Waals surface area contributed by atoms with E-state index >= 15 is 0 Å². The van der Waals surface area contributed by atoms with Crippen molar-refractivity contribution in [2.75, 3.05) is 27.2 Å². The van der Waals surface area contributed by atoms with Crippen LogP contribution in [0.25, 0.3) is 0 Å². The van der Waals surface area contributed by atoms with E-state index in [1.54, 1.807) is 19.1 Å². The summed E-state index contributed by atoms with van der Waals surface area (Å²) in [5, 5.41) is 3.46. The van der Waals surface area contributed by atoms with E-state index in [-0.39, 0.29) is 12.0 Å². The van der Waals surface area contributed by atoms with Crippen LogP contribution in [0.2, 0.25) is 0 Å². The summed E-state index contributed by atoms with van der Waals surface area (Å²) in [4.78, 5) is 31.7. The Morgan fingerprint density at radius 1 is 1.23 bits per heavy atom. The van der Waals surface area contributed by atoms with Gasteiger partial charge in [-0.1, -0.05) is 0 Å². The molecule has 0 aromatic carbocycles. The van der Waals surface area contributed by atoms with Crippen molar-refractivity contribution >= 4 is 11.9 Å². The number of rotatable bonds is 8. The molecule has 1 atom stereocenters. The van der Waals surface area contributed by atoms with Gasteiger partial charge >= 0.3 is 11.9 Å². The highest BCUT2D eigenvalue weighted by molar-refractivity contribution is 5.89. The zero-order valence-electron chi connectivity index (χ0n) is 19.2. The minimum Gasteiger partial charge on any atom is -0.462 e. The van der Waals surface area contributed by atoms with Crippen LogP contribution in [0.15, 0.2) is 18.3 Å². The highest BCUT2D eigenvalue weighted by Crippen LogP contribution is 2.27. The molecule has 2 rings (SSSR count). The largest absolute Gasteiger partial charge is 0.462 e. The van der Waals surface area contributed by atoms with Gasteiger partial charge in [-0.05, 0) is 85.5 Å². The van der Waals surface area contributed by atoms with Crippen molar-refractivity contribution in [2.45, 2.75) is 71.1 Å². The van der Waals surface area contributed by atoms with Crippen molar-refractivity contribution in [3.8, 4) is 0 Å². The fourth-order valence-electron chi connectivity index (χ4n) is 3.85. The van der Waals surface area contributed by atoms with Crippen molar-refractivity contribution in [3.63, 3.8) is 0 Å². The van der Waals surface area contributed by atoms with Crippen molar-refractivity contribution in [3.05, 3.63) is 29.6 Å². The number of nitrogens with zero attached hydrogens (tertiary/aromatic N) is 2. The number of hydrogen-bond acceptors (Lipinski definition) is 7. The molecule has 0 saturated heterocycles. The number of carbonyl (C=O) groups is 2. The van der Waals surface area contributed by atoms with Gasteiger partial charge in [-0.3, -0.25) is 10.3 Å². The molecule has 7 heteroatoms. The quantitative estimate of drug-likeness (QED) is 0.647. The predicted molar refractivity (Wildman–Crippen MR) is 116 cm³/mol. The van der Waals surface area contributed by atoms with E-state index in [4.69, 9.17) is 9.47 Å². The Morgan fingerprint density at radius 3 is 2.47 bits per heavy atom. The molecular weight excluding hydrogens is 382 g/mol. The van der Waals surface area contributed by atoms with Crippen LogP contribution in [-0.2, 0) is 14.3 Å². The maximum absolute atomic E-state index is 13.0. The van der Waals surface area contributed by atoms with E-state index in [2.05, 4.69) is 29.3 Å². The molecule has 1 fully saturated rings. The SMILES string of the molecule is CCOC(=O)c1ccnc(C(NC2CCC(CN(C)C)CC2)C(=O)OC(C)(C)C)c1. The number of pyridine rings is 1. The average molecular weight is 420 g/mol. The molecule has 1 unspecified atom stereocenters. The monoisotopic (exact) mass is 419 g/mol. The molecule has 1 N–H and O–H groups in total. The first-order chi connectivity index (χ1) is 14.1. The van der Waals surface area contributed by atoms with Crippen LogP contribution in [0.3, 0.4) is 0 Å². The molecule has 1 heterocycles. The minimum atomic E-state index is -0.728. The fraction of sp³-hybridized carbons (Fsp3) is 0.696. The lowest BCUT2D eigenvalue weighted by molar-refractivity contribution is -0.158. The van der Waals surface area contributed by atoms with Gasteiger partial charge in [-0.25, -0.2) is 9.59 Å². The summed E-state index contributed by atoms with van der Waals surface area (Å²) >= 11 is 0. The Bertz CT molecular complexity index is 707. The van der Waals surface area contributed by atoms with Gasteiger partial charge in [0, 0.05) is 18.8 Å². The smallest absolute Gasteiger partial charge is 0.338 e. The highest BCUT2D eigenvalue weighted by Gasteiger charge is 2.32. The number of ether oxygens (including phenoxy) is 2. The van der Waals surface area contributed by atoms with Gasteiger partial charge in [0.05, 0.1) is 17.9 Å². The Balaban J connectivity index is 2.17. The van der Waals surface area contributed by atoms with E-state index in [1.165, 1.54) is 6.20 Å². The third-order valence-corrected chi connectivity index (χ3v) is 5.10. The van der Waals surface area contributed by atoms with Gasteiger partial charge in [-0.15, -0.1) is 0 Å². The van der Waals surface area contributed by atoms with Gasteiger partial charge in [0.1, 0.15) is 11.6 Å². The summed E-state index contributed by atoms with van der Waals surface area (Å²) in [6.07, 6.45) is 5.76. The topological polar surface area (TPSA) is 80.8 Å². The van der Waals surface area contributed by atoms with Crippen LogP contribution in [0.1, 0.15) is 75.5 Å². The number of hydrogen-bond donors (Lipinski definition) is 1. The first-order valence-electron chi connectivity index (χ1n) is 10.9. The minimum absolute atomic E-state index is 0.203. The second-order valence-electron chi connectivity index (χ2n) is 9.30. The fourth-order valence-corrected chi connectivity index (χ4v) is 3.85. The van der Waals surface area contributed by atoms with Crippen LogP contribution in [0.5, 0.6) is 0 Å². The van der Waals surface area contributed by atoms with Gasteiger partial charge in [0.25, 0.3) is 0 Å². The number of aromatic nitrogens is 1. The second kappa shape index (κ2) is 10.9. The normalized spacial score (nSPS) is 20.6. The Hall–Kier alpha value is -1.99. The van der Waals surface area contributed by atoms with Crippen LogP contribution in [-0.4, -0.2) is 60.7 Å². The van der Waals surface area contributed by atoms with Gasteiger partial charge < -0.3 is 14.4 Å². The van der Waals surface area contributed by atoms with Gasteiger partial charge in [0.15, 0.2) is 0 Å². The number of esters is 2. The van der Waals surface area contributed by atoms with E-state index in [9.17, 15) is 9.59 Å². The second-order valence-corrected chi connectivity index (χ2v) is 9.30.